The van der Waals surface area contributed by atoms with Crippen LogP contribution in [0.4, 0.5) is 5.13 Å². The Balaban J connectivity index is 1.53. The van der Waals surface area contributed by atoms with E-state index in [1.165, 1.54) is 23.1 Å². The summed E-state index contributed by atoms with van der Waals surface area (Å²) in [6.45, 7) is 2.32. The van der Waals surface area contributed by atoms with Crippen LogP contribution < -0.4 is 10.1 Å². The van der Waals surface area contributed by atoms with Crippen molar-refractivity contribution in [1.29, 1.82) is 0 Å². The number of nitrogens with zero attached hydrogens (tertiary/aromatic N) is 5. The molecule has 0 atom stereocenters. The monoisotopic (exact) mass is 376 g/mol. The third-order valence-electron chi connectivity index (χ3n) is 3.22. The van der Waals surface area contributed by atoms with Crippen molar-refractivity contribution in [2.24, 2.45) is 7.05 Å². The third-order valence-corrected chi connectivity index (χ3v) is 4.85. The fraction of sp³-hybridized carbons (Fsp3) is 0.267. The first-order valence-corrected chi connectivity index (χ1v) is 9.25. The smallest absolute Gasteiger partial charge is 0.236 e. The molecule has 3 rings (SSSR count). The summed E-state index contributed by atoms with van der Waals surface area (Å²) in [6, 6.07) is 7.82. The van der Waals surface area contributed by atoms with Crippen molar-refractivity contribution in [3.05, 3.63) is 41.2 Å². The van der Waals surface area contributed by atoms with Crippen molar-refractivity contribution in [3.8, 4) is 5.75 Å². The average molecular weight is 376 g/mol. The molecule has 0 saturated carbocycles. The highest BCUT2D eigenvalue weighted by Gasteiger charge is 2.12. The molecule has 130 valence electrons. The molecule has 0 radical (unpaired) electrons. The molecular weight excluding hydrogens is 360 g/mol. The molecule has 25 heavy (non-hydrogen) atoms. The maximum atomic E-state index is 11.9. The molecule has 0 unspecified atom stereocenters. The van der Waals surface area contributed by atoms with Crippen molar-refractivity contribution in [2.45, 2.75) is 18.7 Å². The van der Waals surface area contributed by atoms with E-state index < -0.39 is 0 Å². The summed E-state index contributed by atoms with van der Waals surface area (Å²) in [6.07, 6.45) is 0. The number of aromatic nitrogens is 5. The van der Waals surface area contributed by atoms with Gasteiger partial charge in [-0.25, -0.2) is 0 Å². The number of anilines is 1. The summed E-state index contributed by atoms with van der Waals surface area (Å²) in [4.78, 5) is 11.9. The van der Waals surface area contributed by atoms with Crippen LogP contribution in [-0.4, -0.2) is 36.6 Å². The Morgan fingerprint density at radius 3 is 3.00 bits per heavy atom. The van der Waals surface area contributed by atoms with Gasteiger partial charge < -0.3 is 9.30 Å². The van der Waals surface area contributed by atoms with E-state index in [0.717, 1.165) is 11.3 Å². The van der Waals surface area contributed by atoms with Gasteiger partial charge in [-0.3, -0.25) is 10.1 Å². The fourth-order valence-corrected chi connectivity index (χ4v) is 3.15. The number of carbonyl (C=O) groups excluding carboxylic acids is 1. The molecule has 0 aliphatic rings. The second-order valence-corrected chi connectivity index (χ2v) is 6.92. The van der Waals surface area contributed by atoms with Gasteiger partial charge in [0.25, 0.3) is 0 Å². The molecule has 3 aromatic rings. The lowest BCUT2D eigenvalue weighted by atomic mass is 10.2. The van der Waals surface area contributed by atoms with E-state index in [-0.39, 0.29) is 11.7 Å². The molecule has 0 fully saturated rings. The number of ether oxygens (including phenoxy) is 1. The highest BCUT2D eigenvalue weighted by atomic mass is 32.2. The van der Waals surface area contributed by atoms with Crippen molar-refractivity contribution in [2.75, 3.05) is 11.1 Å². The molecule has 1 aromatic carbocycles. The summed E-state index contributed by atoms with van der Waals surface area (Å²) in [5, 5.41) is 19.5. The number of benzene rings is 1. The second-order valence-electron chi connectivity index (χ2n) is 5.14. The fourth-order valence-electron chi connectivity index (χ4n) is 1.96. The van der Waals surface area contributed by atoms with Gasteiger partial charge in [0.15, 0.2) is 11.0 Å². The van der Waals surface area contributed by atoms with Crippen molar-refractivity contribution in [3.63, 3.8) is 0 Å². The zero-order chi connectivity index (χ0) is 17.6. The summed E-state index contributed by atoms with van der Waals surface area (Å²) >= 11 is 2.57. The van der Waals surface area contributed by atoms with Crippen LogP contribution in [0.5, 0.6) is 5.75 Å². The van der Waals surface area contributed by atoms with Crippen LogP contribution in [0.1, 0.15) is 11.4 Å². The van der Waals surface area contributed by atoms with Crippen molar-refractivity contribution in [1.82, 2.24) is 25.0 Å². The topological polar surface area (TPSA) is 94.8 Å². The number of thioether (sulfide) groups is 1. The van der Waals surface area contributed by atoms with E-state index in [1.807, 2.05) is 42.8 Å². The number of nitrogens with one attached hydrogen (secondary N) is 1. The molecule has 2 aromatic heterocycles. The summed E-state index contributed by atoms with van der Waals surface area (Å²) in [7, 11) is 1.85. The van der Waals surface area contributed by atoms with E-state index in [4.69, 9.17) is 4.74 Å². The van der Waals surface area contributed by atoms with Crippen LogP contribution in [0, 0.1) is 6.92 Å². The third kappa shape index (κ3) is 4.77. The molecule has 0 spiro atoms. The Kier molecular flexibility index (Phi) is 5.61. The van der Waals surface area contributed by atoms with Crippen LogP contribution in [0.15, 0.2) is 34.9 Å². The molecule has 0 aliphatic carbocycles. The first-order chi connectivity index (χ1) is 12.1. The lowest BCUT2D eigenvalue weighted by Crippen LogP contribution is -2.14. The average Bonchev–Trinajstić information content (AvgIpc) is 3.21. The van der Waals surface area contributed by atoms with E-state index in [1.54, 1.807) is 5.51 Å². The van der Waals surface area contributed by atoms with Gasteiger partial charge in [0.2, 0.25) is 11.0 Å². The van der Waals surface area contributed by atoms with Gasteiger partial charge >= 0.3 is 0 Å². The van der Waals surface area contributed by atoms with E-state index in [2.05, 4.69) is 25.7 Å². The minimum absolute atomic E-state index is 0.165. The Bertz CT molecular complexity index is 850. The normalized spacial score (nSPS) is 10.6. The summed E-state index contributed by atoms with van der Waals surface area (Å²) in [5.74, 6) is 1.52. The SMILES string of the molecule is Cc1cccc(OCc2nnc(SCC(=O)Nc3nncs3)n2C)c1. The Morgan fingerprint density at radius 1 is 1.36 bits per heavy atom. The molecule has 0 bridgehead atoms. The van der Waals surface area contributed by atoms with Crippen LogP contribution >= 0.6 is 23.1 Å². The molecule has 1 amide bonds. The number of hydrogen-bond acceptors (Lipinski definition) is 8. The lowest BCUT2D eigenvalue weighted by Gasteiger charge is -2.07. The van der Waals surface area contributed by atoms with Gasteiger partial charge in [-0.15, -0.1) is 20.4 Å². The molecule has 10 heteroatoms. The van der Waals surface area contributed by atoms with Crippen molar-refractivity contribution >= 4 is 34.1 Å². The quantitative estimate of drug-likeness (QED) is 0.632. The zero-order valence-corrected chi connectivity index (χ0v) is 15.3. The second kappa shape index (κ2) is 8.08. The van der Waals surface area contributed by atoms with Gasteiger partial charge in [-0.2, -0.15) is 0 Å². The van der Waals surface area contributed by atoms with E-state index in [0.29, 0.717) is 22.7 Å². The van der Waals surface area contributed by atoms with Gasteiger partial charge in [-0.1, -0.05) is 35.2 Å². The zero-order valence-electron chi connectivity index (χ0n) is 13.7. The molecule has 1 N–H and O–H groups in total. The highest BCUT2D eigenvalue weighted by molar-refractivity contribution is 7.99. The largest absolute Gasteiger partial charge is 0.486 e. The standard InChI is InChI=1S/C15H16N6O2S2/c1-10-4-3-5-11(6-10)23-7-12-18-20-15(21(12)2)24-8-13(22)17-14-19-16-9-25-14/h3-6,9H,7-8H2,1-2H3,(H,17,19,22). The Morgan fingerprint density at radius 2 is 2.24 bits per heavy atom. The van der Waals surface area contributed by atoms with Gasteiger partial charge in [0.1, 0.15) is 17.9 Å². The van der Waals surface area contributed by atoms with Gasteiger partial charge in [0.05, 0.1) is 5.75 Å². The molecular formula is C15H16N6O2S2. The molecule has 0 aliphatic heterocycles. The maximum Gasteiger partial charge on any atom is 0.236 e. The van der Waals surface area contributed by atoms with Crippen LogP contribution in [0.3, 0.4) is 0 Å². The van der Waals surface area contributed by atoms with Crippen LogP contribution in [0.2, 0.25) is 0 Å². The Labute approximate surface area is 152 Å². The predicted octanol–water partition coefficient (Wildman–Crippen LogP) is 2.28. The molecule has 0 saturated heterocycles. The van der Waals surface area contributed by atoms with E-state index in [9.17, 15) is 4.79 Å². The van der Waals surface area contributed by atoms with Crippen LogP contribution in [-0.2, 0) is 18.4 Å². The minimum atomic E-state index is -0.165. The number of hydrogen-bond donors (Lipinski definition) is 1. The number of amides is 1. The first kappa shape index (κ1) is 17.4. The molecule has 2 heterocycles. The van der Waals surface area contributed by atoms with Gasteiger partial charge in [0, 0.05) is 7.05 Å². The maximum absolute atomic E-state index is 11.9. The minimum Gasteiger partial charge on any atom is -0.486 e. The molecule has 8 nitrogen and oxygen atoms in total. The first-order valence-electron chi connectivity index (χ1n) is 7.38. The van der Waals surface area contributed by atoms with Crippen LogP contribution in [0.25, 0.3) is 0 Å². The summed E-state index contributed by atoms with van der Waals surface area (Å²) < 4.78 is 7.56. The number of carbonyl (C=O) groups is 1. The van der Waals surface area contributed by atoms with Crippen molar-refractivity contribution < 1.29 is 9.53 Å². The number of rotatable bonds is 7. The summed E-state index contributed by atoms with van der Waals surface area (Å²) in [5.41, 5.74) is 2.69. The van der Waals surface area contributed by atoms with E-state index >= 15 is 0 Å². The Hall–Kier alpha value is -2.46. The lowest BCUT2D eigenvalue weighted by molar-refractivity contribution is -0.113. The predicted molar refractivity (Wildman–Crippen MR) is 95.8 cm³/mol. The van der Waals surface area contributed by atoms with Gasteiger partial charge in [-0.05, 0) is 24.6 Å². The number of aryl methyl sites for hydroxylation is 1. The highest BCUT2D eigenvalue weighted by Crippen LogP contribution is 2.18.